The van der Waals surface area contributed by atoms with Crippen molar-refractivity contribution < 1.29 is 9.84 Å². The Labute approximate surface area is 131 Å². The highest BCUT2D eigenvalue weighted by Crippen LogP contribution is 2.57. The minimum Gasteiger partial charge on any atom is -0.506 e. The van der Waals surface area contributed by atoms with Crippen molar-refractivity contribution >= 4 is 5.69 Å². The number of aromatic hydroxyl groups is 1. The first kappa shape index (κ1) is 13.1. The molecular formula is C18H24N2O2. The Morgan fingerprint density at radius 3 is 3.14 bits per heavy atom. The maximum atomic E-state index is 10.5. The Kier molecular flexibility index (Phi) is 2.70. The molecule has 1 aromatic carbocycles. The van der Waals surface area contributed by atoms with E-state index in [0.29, 0.717) is 12.4 Å². The Bertz CT molecular complexity index is 626. The summed E-state index contributed by atoms with van der Waals surface area (Å²) in [6.07, 6.45) is 7.56. The molecule has 4 aliphatic rings. The Balaban J connectivity index is 1.75. The van der Waals surface area contributed by atoms with Crippen molar-refractivity contribution in [3.8, 4) is 11.5 Å². The molecule has 118 valence electrons. The molecule has 0 aromatic heterocycles. The second kappa shape index (κ2) is 4.54. The maximum Gasteiger partial charge on any atom is 0.149 e. The maximum absolute atomic E-state index is 10.5. The topological polar surface area (TPSA) is 53.5 Å². The molecule has 22 heavy (non-hydrogen) atoms. The van der Waals surface area contributed by atoms with Crippen LogP contribution >= 0.6 is 0 Å². The number of piperidine rings is 1. The largest absolute Gasteiger partial charge is 0.506 e. The average molecular weight is 300 g/mol. The number of nitrogens with one attached hydrogen (secondary N) is 2. The lowest BCUT2D eigenvalue weighted by Crippen LogP contribution is -2.59. The summed E-state index contributed by atoms with van der Waals surface area (Å²) < 4.78 is 5.99. The van der Waals surface area contributed by atoms with Gasteiger partial charge < -0.3 is 20.5 Å². The van der Waals surface area contributed by atoms with Crippen LogP contribution in [0.5, 0.6) is 11.5 Å². The van der Waals surface area contributed by atoms with Crippen molar-refractivity contribution in [1.82, 2.24) is 5.32 Å². The van der Waals surface area contributed by atoms with E-state index >= 15 is 0 Å². The molecule has 2 heterocycles. The molecule has 3 atom stereocenters. The van der Waals surface area contributed by atoms with Gasteiger partial charge >= 0.3 is 0 Å². The monoisotopic (exact) mass is 300 g/mol. The molecule has 3 N–H and O–H groups in total. The zero-order valence-corrected chi connectivity index (χ0v) is 13.0. The smallest absolute Gasteiger partial charge is 0.149 e. The number of rotatable bonds is 0. The van der Waals surface area contributed by atoms with Crippen LogP contribution in [0.25, 0.3) is 0 Å². The van der Waals surface area contributed by atoms with Crippen molar-refractivity contribution in [2.75, 3.05) is 25.0 Å². The number of ether oxygens (including phenoxy) is 1. The third-order valence-corrected chi connectivity index (χ3v) is 6.45. The fourth-order valence-corrected chi connectivity index (χ4v) is 5.62. The lowest BCUT2D eigenvalue weighted by molar-refractivity contribution is 0.0336. The predicted molar refractivity (Wildman–Crippen MR) is 85.5 cm³/mol. The summed E-state index contributed by atoms with van der Waals surface area (Å²) in [4.78, 5) is 0. The first-order valence-corrected chi connectivity index (χ1v) is 8.80. The van der Waals surface area contributed by atoms with Crippen LogP contribution in [0.15, 0.2) is 6.07 Å². The first-order chi connectivity index (χ1) is 10.8. The number of fused-ring (bicyclic) bond motifs is 3. The summed E-state index contributed by atoms with van der Waals surface area (Å²) in [5.74, 6) is 2.79. The quantitative estimate of drug-likeness (QED) is 0.645. The zero-order chi connectivity index (χ0) is 14.7. The molecule has 2 bridgehead atoms. The second-order valence-corrected chi connectivity index (χ2v) is 7.40. The van der Waals surface area contributed by atoms with Crippen LogP contribution in [0.1, 0.15) is 43.2 Å². The number of anilines is 1. The van der Waals surface area contributed by atoms with Gasteiger partial charge in [0, 0.05) is 17.6 Å². The van der Waals surface area contributed by atoms with Crippen molar-refractivity contribution in [2.45, 2.75) is 44.1 Å². The molecule has 5 rings (SSSR count). The number of phenols is 1. The van der Waals surface area contributed by atoms with Gasteiger partial charge in [-0.3, -0.25) is 0 Å². The number of benzene rings is 1. The summed E-state index contributed by atoms with van der Waals surface area (Å²) in [5, 5.41) is 17.7. The van der Waals surface area contributed by atoms with Crippen molar-refractivity contribution in [3.05, 3.63) is 17.2 Å². The normalized spacial score (nSPS) is 35.5. The minimum absolute atomic E-state index is 0.0854. The molecule has 0 radical (unpaired) electrons. The average Bonchev–Trinajstić information content (AvgIpc) is 2.56. The van der Waals surface area contributed by atoms with E-state index < -0.39 is 0 Å². The Morgan fingerprint density at radius 2 is 2.18 bits per heavy atom. The van der Waals surface area contributed by atoms with E-state index in [1.165, 1.54) is 43.2 Å². The van der Waals surface area contributed by atoms with Gasteiger partial charge in [0.15, 0.2) is 0 Å². The van der Waals surface area contributed by atoms with E-state index in [2.05, 4.69) is 10.6 Å². The molecule has 4 heteroatoms. The third kappa shape index (κ3) is 1.56. The van der Waals surface area contributed by atoms with Crippen LogP contribution in [0.2, 0.25) is 0 Å². The minimum atomic E-state index is 0.0854. The fraction of sp³-hybridized carbons (Fsp3) is 0.667. The lowest BCUT2D eigenvalue weighted by Gasteiger charge is -2.56. The molecule has 2 aliphatic carbocycles. The molecule has 1 saturated carbocycles. The molecular weight excluding hydrogens is 276 g/mol. The third-order valence-electron chi connectivity index (χ3n) is 6.45. The summed E-state index contributed by atoms with van der Waals surface area (Å²) in [6, 6.07) is 2.03. The Morgan fingerprint density at radius 1 is 1.23 bits per heavy atom. The van der Waals surface area contributed by atoms with Crippen LogP contribution in [0.4, 0.5) is 5.69 Å². The van der Waals surface area contributed by atoms with E-state index in [1.807, 2.05) is 6.07 Å². The van der Waals surface area contributed by atoms with Gasteiger partial charge in [-0.25, -0.2) is 0 Å². The highest BCUT2D eigenvalue weighted by atomic mass is 16.5. The van der Waals surface area contributed by atoms with Gasteiger partial charge in [0.25, 0.3) is 0 Å². The highest BCUT2D eigenvalue weighted by Gasteiger charge is 2.52. The van der Waals surface area contributed by atoms with Crippen molar-refractivity contribution in [2.24, 2.45) is 11.8 Å². The molecule has 4 nitrogen and oxygen atoms in total. The van der Waals surface area contributed by atoms with Gasteiger partial charge in [0.1, 0.15) is 23.8 Å². The van der Waals surface area contributed by atoms with Gasteiger partial charge in [0.05, 0.1) is 0 Å². The number of hydrogen-bond donors (Lipinski definition) is 3. The number of phenolic OH excluding ortho intramolecular Hbond substituents is 1. The van der Waals surface area contributed by atoms with E-state index in [1.54, 1.807) is 0 Å². The summed E-state index contributed by atoms with van der Waals surface area (Å²) >= 11 is 0. The fourth-order valence-electron chi connectivity index (χ4n) is 5.62. The molecule has 0 amide bonds. The Hall–Kier alpha value is -1.42. The van der Waals surface area contributed by atoms with Crippen LogP contribution < -0.4 is 15.4 Å². The lowest BCUT2D eigenvalue weighted by atomic mass is 9.56. The zero-order valence-electron chi connectivity index (χ0n) is 13.0. The summed E-state index contributed by atoms with van der Waals surface area (Å²) in [5.41, 5.74) is 3.58. The first-order valence-electron chi connectivity index (χ1n) is 8.80. The van der Waals surface area contributed by atoms with Crippen LogP contribution in [0, 0.1) is 11.8 Å². The molecule has 2 fully saturated rings. The van der Waals surface area contributed by atoms with E-state index in [9.17, 15) is 5.11 Å². The van der Waals surface area contributed by atoms with E-state index in [0.717, 1.165) is 42.8 Å². The van der Waals surface area contributed by atoms with Crippen molar-refractivity contribution in [3.63, 3.8) is 0 Å². The van der Waals surface area contributed by atoms with Crippen LogP contribution in [-0.4, -0.2) is 24.8 Å². The van der Waals surface area contributed by atoms with Crippen LogP contribution in [0.3, 0.4) is 0 Å². The van der Waals surface area contributed by atoms with Crippen molar-refractivity contribution in [1.29, 1.82) is 0 Å². The summed E-state index contributed by atoms with van der Waals surface area (Å²) in [7, 11) is 0. The number of hydrogen-bond acceptors (Lipinski definition) is 4. The van der Waals surface area contributed by atoms with Crippen LogP contribution in [-0.2, 0) is 12.0 Å². The van der Waals surface area contributed by atoms with E-state index in [4.69, 9.17) is 4.74 Å². The second-order valence-electron chi connectivity index (χ2n) is 7.40. The molecule has 1 aromatic rings. The highest BCUT2D eigenvalue weighted by molar-refractivity contribution is 5.72. The molecule has 0 spiro atoms. The summed E-state index contributed by atoms with van der Waals surface area (Å²) in [6.45, 7) is 2.57. The molecule has 2 aliphatic heterocycles. The van der Waals surface area contributed by atoms with Gasteiger partial charge in [-0.2, -0.15) is 0 Å². The van der Waals surface area contributed by atoms with E-state index in [-0.39, 0.29) is 5.54 Å². The van der Waals surface area contributed by atoms with Gasteiger partial charge in [-0.1, -0.05) is 12.8 Å². The SMILES string of the molecule is Oc1cc2c(c3c1NCCO3)C[C@H]1CCN[C@]23CCCC[C@@H]13. The molecule has 0 unspecified atom stereocenters. The van der Waals surface area contributed by atoms with Gasteiger partial charge in [0.2, 0.25) is 0 Å². The standard InChI is InChI=1S/C18H24N2O2/c21-15-10-14-12(17-16(15)19-7-8-22-17)9-11-4-6-20-18(14)5-2-1-3-13(11)18/h10-11,13,19-21H,1-9H2/t11-,13+,18+/m1/s1. The molecule has 1 saturated heterocycles. The predicted octanol–water partition coefficient (Wildman–Crippen LogP) is 2.75. The van der Waals surface area contributed by atoms with Gasteiger partial charge in [-0.15, -0.1) is 0 Å². The van der Waals surface area contributed by atoms with Gasteiger partial charge in [-0.05, 0) is 55.7 Å².